The van der Waals surface area contributed by atoms with Crippen molar-refractivity contribution in [1.82, 2.24) is 0 Å². The minimum absolute atomic E-state index is 0.0681. The summed E-state index contributed by atoms with van der Waals surface area (Å²) in [5.74, 6) is 1.66. The Morgan fingerprint density at radius 2 is 0.558 bits per heavy atom. The van der Waals surface area contributed by atoms with Crippen LogP contribution < -0.4 is 73.5 Å². The van der Waals surface area contributed by atoms with E-state index >= 15 is 0 Å². The molecule has 0 unspecified atom stereocenters. The number of fused-ring (bicyclic) bond motifs is 14. The molecule has 22 rings (SSSR count). The lowest BCUT2D eigenvalue weighted by atomic mass is 9.28. The van der Waals surface area contributed by atoms with Crippen LogP contribution in [0.1, 0.15) is 0 Å². The summed E-state index contributed by atoms with van der Waals surface area (Å²) in [4.78, 5) is 10.4. The molecule has 0 bridgehead atoms. The molecule has 0 radical (unpaired) electrons. The molecule has 16 aromatic carbocycles. The van der Waals surface area contributed by atoms with Gasteiger partial charge in [0.15, 0.2) is 0 Å². The topological polar surface area (TPSA) is 22.2 Å². The number of hydrogen-bond donors (Lipinski definition) is 0. The lowest BCUT2D eigenvalue weighted by Crippen LogP contribution is -2.69. The molecule has 6 aliphatic heterocycles. The number of ether oxygens (including phenoxy) is 1. The van der Waals surface area contributed by atoms with E-state index < -0.39 is 0 Å². The van der Waals surface area contributed by atoms with Crippen molar-refractivity contribution in [3.8, 4) is 78.3 Å². The average Bonchev–Trinajstić information content (AvgIpc) is 0.663. The molecule has 0 fully saturated rings. The van der Waals surface area contributed by atoms with Crippen LogP contribution in [-0.4, -0.2) is 20.1 Å². The normalized spacial score (nSPS) is 13.3. The number of para-hydroxylation sites is 6. The predicted octanol–water partition coefficient (Wildman–Crippen LogP) is 18.8. The summed E-state index contributed by atoms with van der Waals surface area (Å²) in [7, 11) is 0. The van der Waals surface area contributed by atoms with Gasteiger partial charge in [0, 0.05) is 79.8 Å². The Morgan fingerprint density at radius 1 is 0.183 bits per heavy atom. The Labute approximate surface area is 606 Å². The fourth-order valence-electron chi connectivity index (χ4n) is 18.4. The molecule has 480 valence electrons. The van der Waals surface area contributed by atoms with Crippen LogP contribution in [0, 0.1) is 0 Å². The monoisotopic (exact) mass is 1320 g/mol. The lowest BCUT2D eigenvalue weighted by Gasteiger charge is -2.51. The van der Waals surface area contributed by atoms with Crippen molar-refractivity contribution in [3.05, 3.63) is 370 Å². The zero-order chi connectivity index (χ0) is 68.1. The second-order valence-electron chi connectivity index (χ2n) is 28.1. The summed E-state index contributed by atoms with van der Waals surface area (Å²) in [5, 5.41) is 0. The fraction of sp³-hybridized carbons (Fsp3) is 0. The summed E-state index contributed by atoms with van der Waals surface area (Å²) in [6.07, 6.45) is 0. The number of anilines is 12. The summed E-state index contributed by atoms with van der Waals surface area (Å²) in [5.41, 5.74) is 38.4. The molecule has 104 heavy (non-hydrogen) atoms. The smallest absolute Gasteiger partial charge is 0.256 e. The SMILES string of the molecule is c1ccc(-c2cc(-c3ccccc3)cc(N3c4ccccc4B4c5cc6c(cc5Oc5cc(-c7ccccc7-c7ccccc7)cc3c54)N(c3c(-c4ccccc4)cccc3-c3ccccc3)c3cc4c5c7c3B6c3ccccc3N7c3ccccc3B5c3ccccc3N4c3ccccc3)c2)cc1. The van der Waals surface area contributed by atoms with E-state index in [4.69, 9.17) is 4.74 Å². The first-order chi connectivity index (χ1) is 51.6. The van der Waals surface area contributed by atoms with Crippen LogP contribution in [0.4, 0.5) is 68.2 Å². The van der Waals surface area contributed by atoms with Crippen molar-refractivity contribution in [2.24, 2.45) is 0 Å². The van der Waals surface area contributed by atoms with Gasteiger partial charge in [0.1, 0.15) is 11.5 Å². The molecule has 0 aromatic heterocycles. The highest BCUT2D eigenvalue weighted by molar-refractivity contribution is 7.05. The van der Waals surface area contributed by atoms with Crippen LogP contribution in [0.2, 0.25) is 0 Å². The highest BCUT2D eigenvalue weighted by atomic mass is 16.5. The van der Waals surface area contributed by atoms with E-state index in [-0.39, 0.29) is 20.1 Å². The highest BCUT2D eigenvalue weighted by Gasteiger charge is 2.53. The van der Waals surface area contributed by atoms with Crippen molar-refractivity contribution in [1.29, 1.82) is 0 Å². The Balaban J connectivity index is 0.861. The molecular formula is C96H61B3N4O. The lowest BCUT2D eigenvalue weighted by molar-refractivity contribution is 0.488. The van der Waals surface area contributed by atoms with Gasteiger partial charge in [0.05, 0.1) is 5.69 Å². The first-order valence-electron chi connectivity index (χ1n) is 36.2. The molecule has 0 saturated carbocycles. The number of benzene rings is 16. The van der Waals surface area contributed by atoms with E-state index in [9.17, 15) is 0 Å². The Bertz CT molecular complexity index is 6070. The third-order valence-electron chi connectivity index (χ3n) is 22.6. The molecule has 0 saturated heterocycles. The van der Waals surface area contributed by atoms with E-state index in [0.717, 1.165) is 135 Å². The summed E-state index contributed by atoms with van der Waals surface area (Å²) < 4.78 is 8.08. The van der Waals surface area contributed by atoms with E-state index in [1.165, 1.54) is 61.0 Å². The van der Waals surface area contributed by atoms with Gasteiger partial charge in [-0.05, 0) is 178 Å². The second-order valence-corrected chi connectivity index (χ2v) is 28.1. The standard InChI is InChI=1S/C96H61B3N4O/c1-7-30-62(31-8-1)67-54-68(63-32-9-2-10-33-63)56-71(55-67)101-83-51-26-22-47-77(83)99-81-59-80-86(61-90(81)104-91-58-69(57-87(101)92(91)99)73-43-20-19-42-72(73)64-34-11-3-12-35-64)103(95-74(65-36-13-4-14-37-65)44-29-45-75(95)66-38-15-5-16-39-66)89-60-88-93-96-94(89)98(80)79-49-24-28-53-85(79)102(96)84-52-27-23-48-78(84)97(93)76-46-21-25-50-82(76)100(88)70-40-17-6-18-41-70/h1-61H. The zero-order valence-corrected chi connectivity index (χ0v) is 56.6. The van der Waals surface area contributed by atoms with Crippen molar-refractivity contribution < 1.29 is 4.74 Å². The molecule has 0 amide bonds. The van der Waals surface area contributed by atoms with Crippen LogP contribution >= 0.6 is 0 Å². The highest BCUT2D eigenvalue weighted by Crippen LogP contribution is 2.55. The van der Waals surface area contributed by atoms with Crippen molar-refractivity contribution in [2.75, 3.05) is 19.6 Å². The van der Waals surface area contributed by atoms with Crippen LogP contribution in [0.5, 0.6) is 11.5 Å². The molecule has 6 heterocycles. The minimum atomic E-state index is -0.249. The van der Waals surface area contributed by atoms with E-state index in [2.05, 4.69) is 390 Å². The number of nitrogens with zero attached hydrogens (tertiary/aromatic N) is 4. The van der Waals surface area contributed by atoms with Gasteiger partial charge in [-0.3, -0.25) is 0 Å². The summed E-state index contributed by atoms with van der Waals surface area (Å²) >= 11 is 0. The number of hydrogen-bond acceptors (Lipinski definition) is 5. The zero-order valence-electron chi connectivity index (χ0n) is 56.6. The van der Waals surface area contributed by atoms with Crippen LogP contribution in [0.15, 0.2) is 370 Å². The van der Waals surface area contributed by atoms with Gasteiger partial charge < -0.3 is 24.3 Å². The Morgan fingerprint density at radius 3 is 1.08 bits per heavy atom. The Hall–Kier alpha value is -13.3. The van der Waals surface area contributed by atoms with Gasteiger partial charge in [-0.1, -0.05) is 291 Å². The van der Waals surface area contributed by atoms with Gasteiger partial charge in [-0.2, -0.15) is 0 Å². The number of rotatable bonds is 9. The maximum Gasteiger partial charge on any atom is 0.256 e. The van der Waals surface area contributed by atoms with E-state index in [1.54, 1.807) is 0 Å². The molecule has 16 aromatic rings. The quantitative estimate of drug-likeness (QED) is 0.134. The molecule has 0 atom stereocenters. The first-order valence-corrected chi connectivity index (χ1v) is 36.2. The maximum absolute atomic E-state index is 8.08. The van der Waals surface area contributed by atoms with Crippen molar-refractivity contribution in [2.45, 2.75) is 0 Å². The first kappa shape index (κ1) is 58.5. The molecule has 0 spiro atoms. The van der Waals surface area contributed by atoms with Gasteiger partial charge in [0.25, 0.3) is 20.1 Å². The van der Waals surface area contributed by atoms with Crippen LogP contribution in [0.3, 0.4) is 0 Å². The minimum Gasteiger partial charge on any atom is -0.458 e. The third-order valence-corrected chi connectivity index (χ3v) is 22.6. The summed E-state index contributed by atoms with van der Waals surface area (Å²) in [6.45, 7) is -0.542. The maximum atomic E-state index is 8.08. The summed E-state index contributed by atoms with van der Waals surface area (Å²) in [6, 6.07) is 138. The van der Waals surface area contributed by atoms with Gasteiger partial charge in [0.2, 0.25) is 0 Å². The van der Waals surface area contributed by atoms with Crippen molar-refractivity contribution >= 4 is 138 Å². The molecule has 0 N–H and O–H groups in total. The molecule has 6 aliphatic rings. The van der Waals surface area contributed by atoms with Gasteiger partial charge in [-0.15, -0.1) is 0 Å². The van der Waals surface area contributed by atoms with E-state index in [0.29, 0.717) is 0 Å². The molecular weight excluding hydrogens is 1260 g/mol. The van der Waals surface area contributed by atoms with Gasteiger partial charge >= 0.3 is 0 Å². The van der Waals surface area contributed by atoms with Crippen LogP contribution in [0.25, 0.3) is 66.8 Å². The third kappa shape index (κ3) is 8.72. The Kier molecular flexibility index (Phi) is 13.0. The fourth-order valence-corrected chi connectivity index (χ4v) is 18.4. The second kappa shape index (κ2) is 23.1. The van der Waals surface area contributed by atoms with Gasteiger partial charge in [-0.25, -0.2) is 0 Å². The molecule has 8 heteroatoms. The average molecular weight is 1320 g/mol. The van der Waals surface area contributed by atoms with E-state index in [1.807, 2.05) is 0 Å². The molecule has 0 aliphatic carbocycles. The molecule has 5 nitrogen and oxygen atoms in total. The van der Waals surface area contributed by atoms with Crippen molar-refractivity contribution in [3.63, 3.8) is 0 Å². The predicted molar refractivity (Wildman–Crippen MR) is 438 cm³/mol. The largest absolute Gasteiger partial charge is 0.458 e. The van der Waals surface area contributed by atoms with Crippen LogP contribution in [-0.2, 0) is 0 Å².